The van der Waals surface area contributed by atoms with Gasteiger partial charge in [0.15, 0.2) is 0 Å². The van der Waals surface area contributed by atoms with Gasteiger partial charge < -0.3 is 0 Å². The first-order valence-corrected chi connectivity index (χ1v) is 6.01. The third-order valence-electron chi connectivity index (χ3n) is 2.91. The van der Waals surface area contributed by atoms with E-state index in [0.717, 1.165) is 26.1 Å². The molecule has 0 amide bonds. The van der Waals surface area contributed by atoms with Gasteiger partial charge in [0.1, 0.15) is 0 Å². The maximum atomic E-state index is 2.45. The Morgan fingerprint density at radius 3 is 2.07 bits per heavy atom. The van der Waals surface area contributed by atoms with Crippen molar-refractivity contribution in [3.05, 3.63) is 34.9 Å². The van der Waals surface area contributed by atoms with Crippen molar-refractivity contribution in [3.8, 4) is 0 Å². The highest BCUT2D eigenvalue weighted by Gasteiger charge is 2.02. The Kier molecular flexibility index (Phi) is 4.83. The molecule has 0 aliphatic carbocycles. The molecule has 1 aromatic rings. The van der Waals surface area contributed by atoms with Crippen LogP contribution in [0.4, 0.5) is 0 Å². The van der Waals surface area contributed by atoms with Crippen molar-refractivity contribution in [2.75, 3.05) is 13.1 Å². The van der Waals surface area contributed by atoms with Gasteiger partial charge in [0.25, 0.3) is 0 Å². The fourth-order valence-corrected chi connectivity index (χ4v) is 1.95. The third kappa shape index (κ3) is 3.67. The highest BCUT2D eigenvalue weighted by Crippen LogP contribution is 2.12. The van der Waals surface area contributed by atoms with Crippen molar-refractivity contribution >= 4 is 0 Å². The molecule has 0 unspecified atom stereocenters. The van der Waals surface area contributed by atoms with E-state index in [1.165, 1.54) is 16.7 Å². The number of benzene rings is 1. The zero-order valence-corrected chi connectivity index (χ0v) is 10.5. The number of aryl methyl sites for hydroxylation is 2. The Morgan fingerprint density at radius 1 is 0.933 bits per heavy atom. The molecule has 0 fully saturated rings. The normalized spacial score (nSPS) is 11.0. The molecule has 1 aromatic carbocycles. The van der Waals surface area contributed by atoms with Crippen LogP contribution < -0.4 is 0 Å². The lowest BCUT2D eigenvalue weighted by molar-refractivity contribution is 0.296. The van der Waals surface area contributed by atoms with Gasteiger partial charge >= 0.3 is 0 Å². The quantitative estimate of drug-likeness (QED) is 0.712. The minimum absolute atomic E-state index is 1.08. The first kappa shape index (κ1) is 12.3. The minimum atomic E-state index is 1.08. The molecule has 15 heavy (non-hydrogen) atoms. The number of rotatable bonds is 5. The summed E-state index contributed by atoms with van der Waals surface area (Å²) in [5.41, 5.74) is 4.30. The topological polar surface area (TPSA) is 3.24 Å². The maximum absolute atomic E-state index is 2.45. The number of hydrogen-bond acceptors (Lipinski definition) is 1. The van der Waals surface area contributed by atoms with E-state index in [4.69, 9.17) is 0 Å². The fourth-order valence-electron chi connectivity index (χ4n) is 1.95. The first-order chi connectivity index (χ1) is 7.19. The molecule has 0 bridgehead atoms. The van der Waals surface area contributed by atoms with Crippen LogP contribution in [-0.4, -0.2) is 18.0 Å². The molecule has 0 saturated heterocycles. The van der Waals surface area contributed by atoms with Gasteiger partial charge in [-0.2, -0.15) is 0 Å². The average Bonchev–Trinajstić information content (AvgIpc) is 2.25. The minimum Gasteiger partial charge on any atom is -0.300 e. The lowest BCUT2D eigenvalue weighted by Crippen LogP contribution is -2.22. The van der Waals surface area contributed by atoms with Gasteiger partial charge in [0.2, 0.25) is 0 Å². The number of hydrogen-bond donors (Lipinski definition) is 0. The summed E-state index contributed by atoms with van der Waals surface area (Å²) < 4.78 is 0. The Hall–Kier alpha value is -0.820. The highest BCUT2D eigenvalue weighted by atomic mass is 15.1. The van der Waals surface area contributed by atoms with Crippen molar-refractivity contribution in [3.63, 3.8) is 0 Å². The molecule has 0 radical (unpaired) electrons. The Labute approximate surface area is 94.1 Å². The summed E-state index contributed by atoms with van der Waals surface area (Å²) in [7, 11) is 0. The van der Waals surface area contributed by atoms with Crippen LogP contribution in [0.25, 0.3) is 0 Å². The van der Waals surface area contributed by atoms with Crippen LogP contribution >= 0.6 is 0 Å². The van der Waals surface area contributed by atoms with Crippen LogP contribution in [0.15, 0.2) is 18.2 Å². The van der Waals surface area contributed by atoms with Crippen molar-refractivity contribution < 1.29 is 0 Å². The van der Waals surface area contributed by atoms with Gasteiger partial charge in [0, 0.05) is 6.54 Å². The summed E-state index contributed by atoms with van der Waals surface area (Å²) in [6.07, 6.45) is 1.13. The van der Waals surface area contributed by atoms with E-state index in [1.807, 2.05) is 0 Å². The molecule has 1 heteroatoms. The van der Waals surface area contributed by atoms with E-state index in [2.05, 4.69) is 50.8 Å². The Morgan fingerprint density at radius 2 is 1.53 bits per heavy atom. The van der Waals surface area contributed by atoms with Crippen molar-refractivity contribution in [2.24, 2.45) is 0 Å². The Balaban J connectivity index is 2.79. The molecular formula is C14H23N. The molecule has 0 spiro atoms. The molecule has 0 aliphatic rings. The van der Waals surface area contributed by atoms with Gasteiger partial charge in [-0.3, -0.25) is 4.90 Å². The third-order valence-corrected chi connectivity index (χ3v) is 2.91. The van der Waals surface area contributed by atoms with Crippen LogP contribution in [-0.2, 0) is 13.0 Å². The summed E-state index contributed by atoms with van der Waals surface area (Å²) >= 11 is 0. The average molecular weight is 205 g/mol. The van der Waals surface area contributed by atoms with Crippen LogP contribution in [0.1, 0.15) is 37.5 Å². The predicted octanol–water partition coefficient (Wildman–Crippen LogP) is 3.40. The fraction of sp³-hybridized carbons (Fsp3) is 0.571. The van der Waals surface area contributed by atoms with E-state index in [-0.39, 0.29) is 0 Å². The number of nitrogens with zero attached hydrogens (tertiary/aromatic N) is 1. The van der Waals surface area contributed by atoms with Crippen molar-refractivity contribution in [1.29, 1.82) is 0 Å². The van der Waals surface area contributed by atoms with E-state index in [1.54, 1.807) is 0 Å². The summed E-state index contributed by atoms with van der Waals surface area (Å²) in [5, 5.41) is 0. The molecule has 0 saturated carbocycles. The van der Waals surface area contributed by atoms with Gasteiger partial charge in [0.05, 0.1) is 0 Å². The second-order valence-corrected chi connectivity index (χ2v) is 4.14. The standard InChI is InChI=1S/C14H23N/c1-5-13-8-12(4)9-14(10-13)11-15(6-2)7-3/h8-10H,5-7,11H2,1-4H3. The lowest BCUT2D eigenvalue weighted by atomic mass is 10.0. The van der Waals surface area contributed by atoms with Gasteiger partial charge in [-0.15, -0.1) is 0 Å². The summed E-state index contributed by atoms with van der Waals surface area (Å²) in [4.78, 5) is 2.45. The van der Waals surface area contributed by atoms with Crippen LogP contribution in [0.3, 0.4) is 0 Å². The predicted molar refractivity (Wildman–Crippen MR) is 67.2 cm³/mol. The molecule has 0 atom stereocenters. The second-order valence-electron chi connectivity index (χ2n) is 4.14. The lowest BCUT2D eigenvalue weighted by Gasteiger charge is -2.18. The van der Waals surface area contributed by atoms with Crippen LogP contribution in [0.2, 0.25) is 0 Å². The van der Waals surface area contributed by atoms with Crippen molar-refractivity contribution in [2.45, 2.75) is 40.7 Å². The molecule has 0 N–H and O–H groups in total. The van der Waals surface area contributed by atoms with E-state index < -0.39 is 0 Å². The van der Waals surface area contributed by atoms with Crippen LogP contribution in [0.5, 0.6) is 0 Å². The first-order valence-electron chi connectivity index (χ1n) is 6.01. The molecule has 0 heterocycles. The largest absolute Gasteiger partial charge is 0.300 e. The molecule has 0 aliphatic heterocycles. The van der Waals surface area contributed by atoms with Gasteiger partial charge in [-0.1, -0.05) is 44.5 Å². The smallest absolute Gasteiger partial charge is 0.0233 e. The Bertz CT molecular complexity index is 300. The van der Waals surface area contributed by atoms with E-state index in [0.29, 0.717) is 0 Å². The molecule has 0 aromatic heterocycles. The van der Waals surface area contributed by atoms with Gasteiger partial charge in [-0.25, -0.2) is 0 Å². The maximum Gasteiger partial charge on any atom is 0.0233 e. The SMILES string of the molecule is CCc1cc(C)cc(CN(CC)CC)c1. The molecule has 1 nitrogen and oxygen atoms in total. The zero-order valence-electron chi connectivity index (χ0n) is 10.5. The zero-order chi connectivity index (χ0) is 11.3. The van der Waals surface area contributed by atoms with Gasteiger partial charge in [-0.05, 0) is 37.6 Å². The van der Waals surface area contributed by atoms with Crippen molar-refractivity contribution in [1.82, 2.24) is 4.90 Å². The molecule has 1 rings (SSSR count). The van der Waals surface area contributed by atoms with Crippen LogP contribution in [0, 0.1) is 6.92 Å². The monoisotopic (exact) mass is 205 g/mol. The summed E-state index contributed by atoms with van der Waals surface area (Å²) in [6.45, 7) is 12.2. The summed E-state index contributed by atoms with van der Waals surface area (Å²) in [6, 6.07) is 6.93. The molecule has 84 valence electrons. The molecular weight excluding hydrogens is 182 g/mol. The highest BCUT2D eigenvalue weighted by molar-refractivity contribution is 5.29. The second kappa shape index (κ2) is 5.92. The van der Waals surface area contributed by atoms with E-state index in [9.17, 15) is 0 Å². The van der Waals surface area contributed by atoms with E-state index >= 15 is 0 Å². The summed E-state index contributed by atoms with van der Waals surface area (Å²) in [5.74, 6) is 0.